The van der Waals surface area contributed by atoms with E-state index in [1.807, 2.05) is 30.3 Å². The van der Waals surface area contributed by atoms with Gasteiger partial charge < -0.3 is 5.11 Å². The number of likely N-dealkylation sites (tertiary alicyclic amines) is 1. The average Bonchev–Trinajstić information content (AvgIpc) is 2.48. The molecule has 4 nitrogen and oxygen atoms in total. The van der Waals surface area contributed by atoms with Crippen LogP contribution in [-0.4, -0.2) is 33.5 Å². The second-order valence-corrected chi connectivity index (χ2v) is 5.31. The smallest absolute Gasteiger partial charge is 0.320 e. The summed E-state index contributed by atoms with van der Waals surface area (Å²) in [7, 11) is 0. The van der Waals surface area contributed by atoms with Crippen LogP contribution in [0.4, 0.5) is 0 Å². The first-order valence-corrected chi connectivity index (χ1v) is 7.05. The molecule has 104 valence electrons. The molecule has 0 unspecified atom stereocenters. The van der Waals surface area contributed by atoms with Crippen molar-refractivity contribution in [1.82, 2.24) is 9.88 Å². The predicted octanol–water partition coefficient (Wildman–Crippen LogP) is 2.67. The van der Waals surface area contributed by atoms with Gasteiger partial charge in [-0.15, -0.1) is 0 Å². The number of rotatable bonds is 3. The highest BCUT2D eigenvalue weighted by Gasteiger charge is 2.28. The molecule has 4 heteroatoms. The first-order valence-electron chi connectivity index (χ1n) is 7.05. The fraction of sp³-hybridized carbons (Fsp3) is 0.375. The van der Waals surface area contributed by atoms with Gasteiger partial charge in [-0.25, -0.2) is 0 Å². The Bertz CT molecular complexity index is 621. The maximum atomic E-state index is 11.4. The molecule has 0 saturated carbocycles. The van der Waals surface area contributed by atoms with Gasteiger partial charge in [0.1, 0.15) is 6.04 Å². The van der Waals surface area contributed by atoms with Crippen molar-refractivity contribution in [3.63, 3.8) is 0 Å². The number of carboxylic acid groups (broad SMARTS) is 1. The van der Waals surface area contributed by atoms with E-state index < -0.39 is 5.97 Å². The molecule has 0 amide bonds. The number of para-hydroxylation sites is 1. The van der Waals surface area contributed by atoms with Gasteiger partial charge >= 0.3 is 5.97 Å². The van der Waals surface area contributed by atoms with Gasteiger partial charge in [0, 0.05) is 18.1 Å². The lowest BCUT2D eigenvalue weighted by Gasteiger charge is -2.33. The largest absolute Gasteiger partial charge is 0.480 e. The molecular weight excluding hydrogens is 252 g/mol. The number of hydrogen-bond acceptors (Lipinski definition) is 3. The Hall–Kier alpha value is -1.94. The van der Waals surface area contributed by atoms with E-state index in [0.29, 0.717) is 6.54 Å². The summed E-state index contributed by atoms with van der Waals surface area (Å²) in [5, 5.41) is 10.4. The highest BCUT2D eigenvalue weighted by molar-refractivity contribution is 5.81. The van der Waals surface area contributed by atoms with Crippen molar-refractivity contribution in [2.24, 2.45) is 0 Å². The fourth-order valence-electron chi connectivity index (χ4n) is 2.97. The molecule has 1 aromatic heterocycles. The number of carboxylic acids is 1. The predicted molar refractivity (Wildman–Crippen MR) is 77.4 cm³/mol. The van der Waals surface area contributed by atoms with Crippen LogP contribution in [0.3, 0.4) is 0 Å². The van der Waals surface area contributed by atoms with Crippen molar-refractivity contribution in [2.75, 3.05) is 6.54 Å². The van der Waals surface area contributed by atoms with Crippen LogP contribution < -0.4 is 0 Å². The normalized spacial score (nSPS) is 20.1. The minimum Gasteiger partial charge on any atom is -0.480 e. The van der Waals surface area contributed by atoms with E-state index in [0.717, 1.165) is 42.3 Å². The van der Waals surface area contributed by atoms with Crippen LogP contribution in [0.1, 0.15) is 24.8 Å². The SMILES string of the molecule is O=C(O)[C@H]1CCCCN1Cc1cccc2cccnc12. The molecule has 0 aliphatic carbocycles. The zero-order chi connectivity index (χ0) is 13.9. The van der Waals surface area contributed by atoms with Crippen LogP contribution >= 0.6 is 0 Å². The van der Waals surface area contributed by atoms with E-state index in [4.69, 9.17) is 0 Å². The lowest BCUT2D eigenvalue weighted by molar-refractivity contribution is -0.144. The number of nitrogens with zero attached hydrogens (tertiary/aromatic N) is 2. The molecule has 1 aliphatic rings. The summed E-state index contributed by atoms with van der Waals surface area (Å²) >= 11 is 0. The van der Waals surface area contributed by atoms with Crippen LogP contribution in [0.5, 0.6) is 0 Å². The second kappa shape index (κ2) is 5.59. The van der Waals surface area contributed by atoms with Crippen LogP contribution in [0.25, 0.3) is 10.9 Å². The highest BCUT2D eigenvalue weighted by atomic mass is 16.4. The first-order chi connectivity index (χ1) is 9.75. The number of hydrogen-bond donors (Lipinski definition) is 1. The van der Waals surface area contributed by atoms with Crippen molar-refractivity contribution in [3.8, 4) is 0 Å². The molecule has 2 heterocycles. The van der Waals surface area contributed by atoms with Gasteiger partial charge in [0.15, 0.2) is 0 Å². The molecule has 0 spiro atoms. The van der Waals surface area contributed by atoms with E-state index in [2.05, 4.69) is 9.88 Å². The Kier molecular flexibility index (Phi) is 3.65. The number of aliphatic carboxylic acids is 1. The van der Waals surface area contributed by atoms with Crippen molar-refractivity contribution >= 4 is 16.9 Å². The number of carbonyl (C=O) groups is 1. The molecule has 1 N–H and O–H groups in total. The van der Waals surface area contributed by atoms with Crippen molar-refractivity contribution in [3.05, 3.63) is 42.1 Å². The Morgan fingerprint density at radius 1 is 1.30 bits per heavy atom. The molecule has 2 aromatic rings. The van der Waals surface area contributed by atoms with Crippen molar-refractivity contribution < 1.29 is 9.90 Å². The summed E-state index contributed by atoms with van der Waals surface area (Å²) in [5.41, 5.74) is 2.08. The minimum absolute atomic E-state index is 0.359. The van der Waals surface area contributed by atoms with E-state index in [1.54, 1.807) is 6.20 Å². The van der Waals surface area contributed by atoms with Crippen molar-refractivity contribution in [2.45, 2.75) is 31.8 Å². The van der Waals surface area contributed by atoms with Gasteiger partial charge in [0.2, 0.25) is 0 Å². The Morgan fingerprint density at radius 2 is 2.15 bits per heavy atom. The zero-order valence-corrected chi connectivity index (χ0v) is 11.3. The molecule has 3 rings (SSSR count). The van der Waals surface area contributed by atoms with E-state index >= 15 is 0 Å². The molecule has 0 radical (unpaired) electrons. The number of pyridine rings is 1. The Balaban J connectivity index is 1.90. The third-order valence-corrected chi connectivity index (χ3v) is 3.99. The van der Waals surface area contributed by atoms with Crippen LogP contribution in [-0.2, 0) is 11.3 Å². The first kappa shape index (κ1) is 13.1. The molecule has 0 bridgehead atoms. The number of benzene rings is 1. The Labute approximate surface area is 118 Å². The van der Waals surface area contributed by atoms with Gasteiger partial charge in [0.05, 0.1) is 5.52 Å². The van der Waals surface area contributed by atoms with E-state index in [1.165, 1.54) is 0 Å². The molecule has 1 atom stereocenters. The van der Waals surface area contributed by atoms with E-state index in [9.17, 15) is 9.90 Å². The molecule has 1 aliphatic heterocycles. The number of piperidine rings is 1. The monoisotopic (exact) mass is 270 g/mol. The van der Waals surface area contributed by atoms with Gasteiger partial charge in [-0.05, 0) is 31.0 Å². The van der Waals surface area contributed by atoms with Crippen LogP contribution in [0, 0.1) is 0 Å². The summed E-state index contributed by atoms with van der Waals surface area (Å²) in [6.07, 6.45) is 4.60. The zero-order valence-electron chi connectivity index (χ0n) is 11.3. The van der Waals surface area contributed by atoms with Gasteiger partial charge in [0.25, 0.3) is 0 Å². The summed E-state index contributed by atoms with van der Waals surface area (Å²) in [6.45, 7) is 1.51. The molecule has 1 aromatic carbocycles. The third-order valence-electron chi connectivity index (χ3n) is 3.99. The lowest BCUT2D eigenvalue weighted by atomic mass is 10.0. The fourth-order valence-corrected chi connectivity index (χ4v) is 2.97. The van der Waals surface area contributed by atoms with Gasteiger partial charge in [-0.1, -0.05) is 30.7 Å². The maximum absolute atomic E-state index is 11.4. The minimum atomic E-state index is -0.710. The number of aromatic nitrogens is 1. The molecule has 1 saturated heterocycles. The highest BCUT2D eigenvalue weighted by Crippen LogP contribution is 2.23. The summed E-state index contributed by atoms with van der Waals surface area (Å²) in [4.78, 5) is 17.9. The molecule has 20 heavy (non-hydrogen) atoms. The topological polar surface area (TPSA) is 53.4 Å². The van der Waals surface area contributed by atoms with Crippen LogP contribution in [0.2, 0.25) is 0 Å². The lowest BCUT2D eigenvalue weighted by Crippen LogP contribution is -2.44. The third kappa shape index (κ3) is 2.51. The van der Waals surface area contributed by atoms with Gasteiger partial charge in [-0.2, -0.15) is 0 Å². The standard InChI is InChI=1S/C16H18N2O2/c19-16(20)14-8-1-2-10-18(14)11-13-6-3-5-12-7-4-9-17-15(12)13/h3-7,9,14H,1-2,8,10-11H2,(H,19,20)/t14-/m1/s1. The summed E-state index contributed by atoms with van der Waals surface area (Å²) in [6, 6.07) is 9.70. The molecular formula is C16H18N2O2. The maximum Gasteiger partial charge on any atom is 0.320 e. The van der Waals surface area contributed by atoms with Crippen molar-refractivity contribution in [1.29, 1.82) is 0 Å². The average molecular weight is 270 g/mol. The van der Waals surface area contributed by atoms with E-state index in [-0.39, 0.29) is 6.04 Å². The quantitative estimate of drug-likeness (QED) is 0.931. The van der Waals surface area contributed by atoms with Crippen LogP contribution in [0.15, 0.2) is 36.5 Å². The Morgan fingerprint density at radius 3 is 3.00 bits per heavy atom. The molecule has 1 fully saturated rings. The van der Waals surface area contributed by atoms with Gasteiger partial charge in [-0.3, -0.25) is 14.7 Å². The summed E-state index contributed by atoms with van der Waals surface area (Å²) in [5.74, 6) is -0.710. The number of fused-ring (bicyclic) bond motifs is 1. The summed E-state index contributed by atoms with van der Waals surface area (Å²) < 4.78 is 0. The second-order valence-electron chi connectivity index (χ2n) is 5.31.